The summed E-state index contributed by atoms with van der Waals surface area (Å²) in [4.78, 5) is 51.5. The van der Waals surface area contributed by atoms with Crippen LogP contribution in [0.3, 0.4) is 0 Å². The Balaban J connectivity index is 3.10. The van der Waals surface area contributed by atoms with Gasteiger partial charge in [0.25, 0.3) is 0 Å². The minimum Gasteiger partial charge on any atom is -0.463 e. The molecule has 3 atom stereocenters. The predicted molar refractivity (Wildman–Crippen MR) is 147 cm³/mol. The van der Waals surface area contributed by atoms with Gasteiger partial charge in [0.15, 0.2) is 23.3 Å². The predicted octanol–water partition coefficient (Wildman–Crippen LogP) is 4.55. The molecule has 15 heteroatoms. The van der Waals surface area contributed by atoms with E-state index in [1.165, 1.54) is 27.7 Å². The van der Waals surface area contributed by atoms with Gasteiger partial charge >= 0.3 is 23.9 Å². The average Bonchev–Trinajstić information content (AvgIpc) is 2.93. The Labute approximate surface area is 258 Å². The molecule has 0 aromatic heterocycles. The van der Waals surface area contributed by atoms with Gasteiger partial charge in [-0.3, -0.25) is 14.4 Å². The maximum atomic E-state index is 13.9. The third-order valence-corrected chi connectivity index (χ3v) is 6.88. The molecule has 1 aromatic rings. The standard InChI is InChI=1S/C30H41F5O10/c1-9-29(7,15-30(8,26(41)45-27(2,3)4)14-28(5,6)24(39)42-11-10-36)25(40)44-13-16(37)12-43-23(38)17-18(31)20(33)22(35)21(34)19(17)32/h16,36-37H,9-15H2,1-8H3. The summed E-state index contributed by atoms with van der Waals surface area (Å²) >= 11 is 0. The van der Waals surface area contributed by atoms with Gasteiger partial charge in [-0.2, -0.15) is 0 Å². The van der Waals surface area contributed by atoms with Crippen molar-refractivity contribution in [2.75, 3.05) is 26.4 Å². The first-order valence-electron chi connectivity index (χ1n) is 14.0. The number of halogens is 5. The van der Waals surface area contributed by atoms with Crippen molar-refractivity contribution in [2.45, 2.75) is 86.4 Å². The Kier molecular flexibility index (Phi) is 13.5. The zero-order valence-corrected chi connectivity index (χ0v) is 26.6. The molecule has 256 valence electrons. The second-order valence-corrected chi connectivity index (χ2v) is 12.9. The van der Waals surface area contributed by atoms with Crippen molar-refractivity contribution in [1.82, 2.24) is 0 Å². The Morgan fingerprint density at radius 1 is 0.689 bits per heavy atom. The quantitative estimate of drug-likeness (QED) is 0.0907. The summed E-state index contributed by atoms with van der Waals surface area (Å²) in [5.74, 6) is -16.3. The first kappa shape index (κ1) is 39.7. The van der Waals surface area contributed by atoms with Crippen LogP contribution in [0.4, 0.5) is 22.0 Å². The van der Waals surface area contributed by atoms with Crippen molar-refractivity contribution in [3.05, 3.63) is 34.6 Å². The second kappa shape index (κ2) is 15.3. The Hall–Kier alpha value is -3.33. The van der Waals surface area contributed by atoms with Crippen LogP contribution in [-0.4, -0.2) is 72.2 Å². The molecule has 0 fully saturated rings. The summed E-state index contributed by atoms with van der Waals surface area (Å²) in [6, 6.07) is 0. The van der Waals surface area contributed by atoms with E-state index in [0.717, 1.165) is 0 Å². The third-order valence-electron chi connectivity index (χ3n) is 6.88. The number of hydrogen-bond donors (Lipinski definition) is 2. The van der Waals surface area contributed by atoms with E-state index in [1.807, 2.05) is 0 Å². The highest BCUT2D eigenvalue weighted by Crippen LogP contribution is 2.46. The summed E-state index contributed by atoms with van der Waals surface area (Å²) in [6.45, 7) is 10.0. The number of hydrogen-bond acceptors (Lipinski definition) is 10. The molecule has 0 saturated heterocycles. The Bertz CT molecular complexity index is 1230. The number of esters is 4. The number of aliphatic hydroxyl groups excluding tert-OH is 2. The molecule has 0 aliphatic rings. The number of aliphatic hydroxyl groups is 2. The zero-order chi connectivity index (χ0) is 35.1. The van der Waals surface area contributed by atoms with Gasteiger partial charge in [0, 0.05) is 0 Å². The molecule has 10 nitrogen and oxygen atoms in total. The fourth-order valence-electron chi connectivity index (χ4n) is 4.61. The molecule has 1 aromatic carbocycles. The summed E-state index contributed by atoms with van der Waals surface area (Å²) in [7, 11) is 0. The summed E-state index contributed by atoms with van der Waals surface area (Å²) in [5, 5.41) is 19.2. The van der Waals surface area contributed by atoms with E-state index < -0.39 is 106 Å². The minimum absolute atomic E-state index is 0.102. The van der Waals surface area contributed by atoms with E-state index >= 15 is 0 Å². The van der Waals surface area contributed by atoms with E-state index in [1.54, 1.807) is 27.7 Å². The highest BCUT2D eigenvalue weighted by Gasteiger charge is 2.50. The number of benzene rings is 1. The van der Waals surface area contributed by atoms with Gasteiger partial charge in [0.05, 0.1) is 22.9 Å². The number of ether oxygens (including phenoxy) is 4. The lowest BCUT2D eigenvalue weighted by atomic mass is 9.65. The molecule has 0 aliphatic heterocycles. The summed E-state index contributed by atoms with van der Waals surface area (Å²) in [5.41, 5.74) is -6.95. The number of carbonyl (C=O) groups is 4. The smallest absolute Gasteiger partial charge is 0.344 e. The van der Waals surface area contributed by atoms with Crippen LogP contribution < -0.4 is 0 Å². The maximum Gasteiger partial charge on any atom is 0.344 e. The van der Waals surface area contributed by atoms with Gasteiger partial charge in [-0.1, -0.05) is 6.92 Å². The van der Waals surface area contributed by atoms with E-state index in [-0.39, 0.29) is 25.9 Å². The largest absolute Gasteiger partial charge is 0.463 e. The van der Waals surface area contributed by atoms with Crippen LogP contribution in [0.1, 0.15) is 85.0 Å². The maximum absolute atomic E-state index is 13.9. The fraction of sp³-hybridized carbons (Fsp3) is 0.667. The van der Waals surface area contributed by atoms with Crippen LogP contribution in [0.25, 0.3) is 0 Å². The molecular weight excluding hydrogens is 615 g/mol. The fourth-order valence-corrected chi connectivity index (χ4v) is 4.61. The van der Waals surface area contributed by atoms with Crippen LogP contribution in [0.15, 0.2) is 0 Å². The van der Waals surface area contributed by atoms with Gasteiger partial charge in [0.1, 0.15) is 37.1 Å². The summed E-state index contributed by atoms with van der Waals surface area (Å²) < 4.78 is 88.1. The van der Waals surface area contributed by atoms with Crippen molar-refractivity contribution >= 4 is 23.9 Å². The van der Waals surface area contributed by atoms with Crippen molar-refractivity contribution in [3.8, 4) is 0 Å². The molecular formula is C30H41F5O10. The normalized spacial score (nSPS) is 15.4. The first-order valence-corrected chi connectivity index (χ1v) is 14.0. The van der Waals surface area contributed by atoms with Crippen molar-refractivity contribution in [1.29, 1.82) is 0 Å². The van der Waals surface area contributed by atoms with Crippen molar-refractivity contribution < 1.29 is 70.3 Å². The molecule has 45 heavy (non-hydrogen) atoms. The molecule has 0 bridgehead atoms. The molecule has 0 amide bonds. The van der Waals surface area contributed by atoms with Gasteiger partial charge in [-0.05, 0) is 67.7 Å². The lowest BCUT2D eigenvalue weighted by molar-refractivity contribution is -0.177. The van der Waals surface area contributed by atoms with Crippen LogP contribution >= 0.6 is 0 Å². The molecule has 0 saturated carbocycles. The summed E-state index contributed by atoms with van der Waals surface area (Å²) in [6.07, 6.45) is -2.02. The zero-order valence-electron chi connectivity index (χ0n) is 26.6. The number of rotatable bonds is 15. The topological polar surface area (TPSA) is 146 Å². The second-order valence-electron chi connectivity index (χ2n) is 12.9. The lowest BCUT2D eigenvalue weighted by Gasteiger charge is -2.41. The van der Waals surface area contributed by atoms with Crippen LogP contribution in [0.5, 0.6) is 0 Å². The van der Waals surface area contributed by atoms with E-state index in [0.29, 0.717) is 0 Å². The Morgan fingerprint density at radius 3 is 1.64 bits per heavy atom. The molecule has 0 aliphatic carbocycles. The highest BCUT2D eigenvalue weighted by molar-refractivity contribution is 5.90. The van der Waals surface area contributed by atoms with E-state index in [4.69, 9.17) is 19.3 Å². The lowest BCUT2D eigenvalue weighted by Crippen LogP contribution is -2.46. The van der Waals surface area contributed by atoms with Crippen LogP contribution in [0.2, 0.25) is 0 Å². The highest BCUT2D eigenvalue weighted by atomic mass is 19.2. The van der Waals surface area contributed by atoms with Crippen LogP contribution in [-0.2, 0) is 33.3 Å². The molecule has 0 radical (unpaired) electrons. The van der Waals surface area contributed by atoms with E-state index in [2.05, 4.69) is 4.74 Å². The van der Waals surface area contributed by atoms with Crippen LogP contribution in [0, 0.1) is 45.3 Å². The first-order chi connectivity index (χ1) is 20.5. The van der Waals surface area contributed by atoms with Gasteiger partial charge < -0.3 is 29.2 Å². The molecule has 2 N–H and O–H groups in total. The average molecular weight is 657 g/mol. The minimum atomic E-state index is -2.47. The third kappa shape index (κ3) is 10.3. The molecule has 1 rings (SSSR count). The molecule has 0 spiro atoms. The Morgan fingerprint density at radius 2 is 1.18 bits per heavy atom. The molecule has 3 unspecified atom stereocenters. The number of carbonyl (C=O) groups excluding carboxylic acids is 4. The van der Waals surface area contributed by atoms with Crippen molar-refractivity contribution in [3.63, 3.8) is 0 Å². The van der Waals surface area contributed by atoms with Crippen molar-refractivity contribution in [2.24, 2.45) is 16.2 Å². The van der Waals surface area contributed by atoms with Gasteiger partial charge in [-0.25, -0.2) is 26.7 Å². The van der Waals surface area contributed by atoms with Gasteiger partial charge in [0.2, 0.25) is 5.82 Å². The molecule has 0 heterocycles. The van der Waals surface area contributed by atoms with Gasteiger partial charge in [-0.15, -0.1) is 0 Å². The SMILES string of the molecule is CCC(C)(CC(C)(CC(C)(C)C(=O)OCCO)C(=O)OC(C)(C)C)C(=O)OCC(O)COC(=O)c1c(F)c(F)c(F)c(F)c1F. The van der Waals surface area contributed by atoms with E-state index in [9.17, 15) is 46.2 Å². The monoisotopic (exact) mass is 656 g/mol.